The van der Waals surface area contributed by atoms with E-state index in [2.05, 4.69) is 5.32 Å². The van der Waals surface area contributed by atoms with Crippen LogP contribution in [0.5, 0.6) is 5.75 Å². The fourth-order valence-electron chi connectivity index (χ4n) is 2.15. The molecule has 1 fully saturated rings. The molecule has 1 aromatic carbocycles. The van der Waals surface area contributed by atoms with Crippen LogP contribution in [0.1, 0.15) is 5.56 Å². The van der Waals surface area contributed by atoms with Crippen LogP contribution in [0.4, 0.5) is 0 Å². The Hall–Kier alpha value is -1.97. The molecule has 1 saturated heterocycles. The summed E-state index contributed by atoms with van der Waals surface area (Å²) in [5.41, 5.74) is 0.574. The standard InChI is InChI=1S/C15H19NO7/c17-9-6-2-1-4-8(9)5-3-7-16-14(21)13-11(19)10(18)12(20)15(22)23-13/h1-6,10-13,15,17-20,22H,7H2,(H,16,21)/t10-,11-,12+,13-,15+/m0/s1. The fourth-order valence-corrected chi connectivity index (χ4v) is 2.15. The third-order valence-corrected chi connectivity index (χ3v) is 3.47. The molecule has 126 valence electrons. The van der Waals surface area contributed by atoms with Gasteiger partial charge in [-0.05, 0) is 6.07 Å². The molecule has 23 heavy (non-hydrogen) atoms. The number of rotatable bonds is 4. The van der Waals surface area contributed by atoms with Crippen LogP contribution in [-0.4, -0.2) is 68.7 Å². The summed E-state index contributed by atoms with van der Waals surface area (Å²) in [5.74, 6) is -0.647. The summed E-state index contributed by atoms with van der Waals surface area (Å²) in [7, 11) is 0. The van der Waals surface area contributed by atoms with Crippen molar-refractivity contribution in [3.63, 3.8) is 0 Å². The van der Waals surface area contributed by atoms with Crippen molar-refractivity contribution in [3.05, 3.63) is 35.9 Å². The molecule has 0 bridgehead atoms. The maximum atomic E-state index is 11.9. The lowest BCUT2D eigenvalue weighted by Crippen LogP contribution is -2.61. The Morgan fingerprint density at radius 1 is 1.13 bits per heavy atom. The number of carbonyl (C=O) groups excluding carboxylic acids is 1. The minimum absolute atomic E-state index is 0.0779. The van der Waals surface area contributed by atoms with Crippen LogP contribution in [0.25, 0.3) is 6.08 Å². The van der Waals surface area contributed by atoms with Gasteiger partial charge >= 0.3 is 0 Å². The van der Waals surface area contributed by atoms with Gasteiger partial charge in [-0.15, -0.1) is 0 Å². The first-order chi connectivity index (χ1) is 10.9. The monoisotopic (exact) mass is 325 g/mol. The van der Waals surface area contributed by atoms with Gasteiger partial charge in [0, 0.05) is 12.1 Å². The van der Waals surface area contributed by atoms with Gasteiger partial charge in [-0.25, -0.2) is 0 Å². The highest BCUT2D eigenvalue weighted by Crippen LogP contribution is 2.20. The number of aliphatic hydroxyl groups excluding tert-OH is 4. The second-order valence-corrected chi connectivity index (χ2v) is 5.13. The molecule has 0 aromatic heterocycles. The Labute approximate surface area is 132 Å². The first-order valence-corrected chi connectivity index (χ1v) is 7.02. The minimum Gasteiger partial charge on any atom is -0.507 e. The number of hydrogen-bond donors (Lipinski definition) is 6. The van der Waals surface area contributed by atoms with Gasteiger partial charge in [-0.2, -0.15) is 0 Å². The van der Waals surface area contributed by atoms with Gasteiger partial charge in [0.15, 0.2) is 12.4 Å². The summed E-state index contributed by atoms with van der Waals surface area (Å²) in [4.78, 5) is 11.9. The number of amides is 1. The molecule has 1 aliphatic rings. The summed E-state index contributed by atoms with van der Waals surface area (Å²) >= 11 is 0. The zero-order valence-electron chi connectivity index (χ0n) is 12.1. The number of nitrogens with one attached hydrogen (secondary N) is 1. The van der Waals surface area contributed by atoms with E-state index in [0.717, 1.165) is 0 Å². The number of para-hydroxylation sites is 1. The summed E-state index contributed by atoms with van der Waals surface area (Å²) in [6.45, 7) is 0.0779. The van der Waals surface area contributed by atoms with Crippen LogP contribution in [-0.2, 0) is 9.53 Å². The average Bonchev–Trinajstić information content (AvgIpc) is 2.54. The highest BCUT2D eigenvalue weighted by Gasteiger charge is 2.45. The van der Waals surface area contributed by atoms with Crippen molar-refractivity contribution in [1.29, 1.82) is 0 Å². The summed E-state index contributed by atoms with van der Waals surface area (Å²) in [6.07, 6.45) is -5.12. The Balaban J connectivity index is 1.88. The second kappa shape index (κ2) is 7.53. The first-order valence-electron chi connectivity index (χ1n) is 7.02. The number of aromatic hydroxyl groups is 1. The molecule has 5 atom stereocenters. The molecule has 1 heterocycles. The van der Waals surface area contributed by atoms with Crippen LogP contribution >= 0.6 is 0 Å². The topological polar surface area (TPSA) is 139 Å². The van der Waals surface area contributed by atoms with Gasteiger partial charge in [0.1, 0.15) is 24.1 Å². The number of benzene rings is 1. The van der Waals surface area contributed by atoms with Gasteiger partial charge < -0.3 is 35.6 Å². The van der Waals surface area contributed by atoms with E-state index in [1.807, 2.05) is 0 Å². The number of phenolic OH excluding ortho intramolecular Hbond substituents is 1. The van der Waals surface area contributed by atoms with Crippen LogP contribution in [0.3, 0.4) is 0 Å². The molecular weight excluding hydrogens is 306 g/mol. The molecular formula is C15H19NO7. The first kappa shape index (κ1) is 17.4. The minimum atomic E-state index is -1.76. The molecule has 0 spiro atoms. The summed E-state index contributed by atoms with van der Waals surface area (Å²) in [6, 6.07) is 6.65. The number of ether oxygens (including phenoxy) is 1. The number of carbonyl (C=O) groups is 1. The number of hydrogen-bond acceptors (Lipinski definition) is 7. The van der Waals surface area contributed by atoms with Crippen molar-refractivity contribution in [2.75, 3.05) is 6.54 Å². The van der Waals surface area contributed by atoms with Crippen LogP contribution in [0.15, 0.2) is 30.3 Å². The Kier molecular flexibility index (Phi) is 5.69. The zero-order valence-corrected chi connectivity index (χ0v) is 12.1. The molecule has 0 unspecified atom stereocenters. The molecule has 0 radical (unpaired) electrons. The number of phenols is 1. The molecule has 1 aliphatic heterocycles. The molecule has 2 rings (SSSR count). The lowest BCUT2D eigenvalue weighted by molar-refractivity contribution is -0.275. The third kappa shape index (κ3) is 4.06. The van der Waals surface area contributed by atoms with Crippen molar-refractivity contribution in [2.24, 2.45) is 0 Å². The van der Waals surface area contributed by atoms with E-state index in [1.165, 1.54) is 6.07 Å². The maximum absolute atomic E-state index is 11.9. The van der Waals surface area contributed by atoms with Crippen molar-refractivity contribution in [1.82, 2.24) is 5.32 Å². The van der Waals surface area contributed by atoms with Crippen LogP contribution < -0.4 is 5.32 Å². The predicted molar refractivity (Wildman–Crippen MR) is 79.1 cm³/mol. The predicted octanol–water partition coefficient (Wildman–Crippen LogP) is -1.68. The van der Waals surface area contributed by atoms with Gasteiger partial charge in [0.05, 0.1) is 0 Å². The Bertz CT molecular complexity index is 577. The Morgan fingerprint density at radius 2 is 1.83 bits per heavy atom. The van der Waals surface area contributed by atoms with E-state index < -0.39 is 36.6 Å². The van der Waals surface area contributed by atoms with Crippen molar-refractivity contribution in [2.45, 2.75) is 30.7 Å². The maximum Gasteiger partial charge on any atom is 0.252 e. The zero-order chi connectivity index (χ0) is 17.0. The van der Waals surface area contributed by atoms with Gasteiger partial charge in [0.25, 0.3) is 5.91 Å². The average molecular weight is 325 g/mol. The van der Waals surface area contributed by atoms with Crippen molar-refractivity contribution < 1.29 is 35.1 Å². The highest BCUT2D eigenvalue weighted by atomic mass is 16.6. The molecule has 1 aromatic rings. The van der Waals surface area contributed by atoms with Gasteiger partial charge in [0.2, 0.25) is 0 Å². The highest BCUT2D eigenvalue weighted by molar-refractivity contribution is 5.82. The smallest absolute Gasteiger partial charge is 0.252 e. The SMILES string of the molecule is O=C(NCC=Cc1ccccc1O)[C@H]1O[C@@H](O)[C@H](O)[C@@H](O)[C@@H]1O. The second-order valence-electron chi connectivity index (χ2n) is 5.13. The van der Waals surface area contributed by atoms with E-state index in [-0.39, 0.29) is 12.3 Å². The third-order valence-electron chi connectivity index (χ3n) is 3.47. The fraction of sp³-hybridized carbons (Fsp3) is 0.400. The van der Waals surface area contributed by atoms with Crippen molar-refractivity contribution in [3.8, 4) is 5.75 Å². The summed E-state index contributed by atoms with van der Waals surface area (Å²) in [5, 5.41) is 49.9. The molecule has 0 aliphatic carbocycles. The number of aliphatic hydroxyl groups is 4. The quantitative estimate of drug-likeness (QED) is 0.389. The van der Waals surface area contributed by atoms with E-state index in [4.69, 9.17) is 4.74 Å². The van der Waals surface area contributed by atoms with E-state index in [0.29, 0.717) is 5.56 Å². The largest absolute Gasteiger partial charge is 0.507 e. The van der Waals surface area contributed by atoms with Gasteiger partial charge in [-0.3, -0.25) is 4.79 Å². The lowest BCUT2D eigenvalue weighted by atomic mass is 9.98. The Morgan fingerprint density at radius 3 is 2.52 bits per heavy atom. The summed E-state index contributed by atoms with van der Waals surface area (Å²) < 4.78 is 4.80. The molecule has 6 N–H and O–H groups in total. The molecule has 1 amide bonds. The van der Waals surface area contributed by atoms with Crippen molar-refractivity contribution >= 4 is 12.0 Å². The van der Waals surface area contributed by atoms with Crippen LogP contribution in [0, 0.1) is 0 Å². The lowest BCUT2D eigenvalue weighted by Gasteiger charge is -2.37. The van der Waals surface area contributed by atoms with Gasteiger partial charge in [-0.1, -0.05) is 30.4 Å². The molecule has 8 heteroatoms. The molecule has 8 nitrogen and oxygen atoms in total. The van der Waals surface area contributed by atoms with Crippen LogP contribution in [0.2, 0.25) is 0 Å². The van der Waals surface area contributed by atoms with E-state index in [9.17, 15) is 30.3 Å². The molecule has 0 saturated carbocycles. The van der Waals surface area contributed by atoms with E-state index >= 15 is 0 Å². The normalized spacial score (nSPS) is 31.2. The van der Waals surface area contributed by atoms with E-state index in [1.54, 1.807) is 30.4 Å².